The van der Waals surface area contributed by atoms with Gasteiger partial charge in [-0.3, -0.25) is 4.79 Å². The third kappa shape index (κ3) is 3.96. The topological polar surface area (TPSA) is 78.9 Å². The van der Waals surface area contributed by atoms with Crippen LogP contribution in [0, 0.1) is 5.92 Å². The van der Waals surface area contributed by atoms with Gasteiger partial charge >= 0.3 is 5.97 Å². The first-order valence-electron chi connectivity index (χ1n) is 6.30. The molecule has 2 unspecified atom stereocenters. The predicted octanol–water partition coefficient (Wildman–Crippen LogP) is -0.0659. The van der Waals surface area contributed by atoms with Crippen LogP contribution < -0.4 is 5.32 Å². The third-order valence-corrected chi connectivity index (χ3v) is 3.27. The Labute approximate surface area is 107 Å². The predicted molar refractivity (Wildman–Crippen MR) is 66.3 cm³/mol. The molecule has 0 spiro atoms. The average molecular weight is 258 g/mol. The largest absolute Gasteiger partial charge is 0.480 e. The number of hydrogen-bond acceptors (Lipinski definition) is 4. The van der Waals surface area contributed by atoms with Crippen LogP contribution in [0.1, 0.15) is 19.8 Å². The van der Waals surface area contributed by atoms with Gasteiger partial charge in [-0.1, -0.05) is 6.92 Å². The lowest BCUT2D eigenvalue weighted by atomic mass is 9.91. The van der Waals surface area contributed by atoms with Gasteiger partial charge in [0.2, 0.25) is 5.91 Å². The van der Waals surface area contributed by atoms with Crippen LogP contribution in [0.15, 0.2) is 0 Å². The highest BCUT2D eigenvalue weighted by molar-refractivity contribution is 5.85. The van der Waals surface area contributed by atoms with Crippen molar-refractivity contribution in [2.75, 3.05) is 33.4 Å². The van der Waals surface area contributed by atoms with E-state index in [0.717, 1.165) is 12.8 Å². The molecule has 2 atom stereocenters. The van der Waals surface area contributed by atoms with Gasteiger partial charge in [-0.15, -0.1) is 0 Å². The molecule has 0 aromatic heterocycles. The van der Waals surface area contributed by atoms with Crippen LogP contribution in [0.4, 0.5) is 0 Å². The number of carbonyl (C=O) groups is 2. The highest BCUT2D eigenvalue weighted by Crippen LogP contribution is 2.23. The molecule has 1 aliphatic rings. The van der Waals surface area contributed by atoms with Gasteiger partial charge < -0.3 is 20.1 Å². The summed E-state index contributed by atoms with van der Waals surface area (Å²) in [5.74, 6) is -1.04. The normalized spacial score (nSPS) is 24.0. The molecule has 1 saturated heterocycles. The van der Waals surface area contributed by atoms with Crippen molar-refractivity contribution in [3.63, 3.8) is 0 Å². The molecular weight excluding hydrogens is 236 g/mol. The van der Waals surface area contributed by atoms with E-state index < -0.39 is 12.0 Å². The van der Waals surface area contributed by atoms with E-state index in [1.807, 2.05) is 6.92 Å². The lowest BCUT2D eigenvalue weighted by molar-refractivity contribution is -0.154. The fourth-order valence-corrected chi connectivity index (χ4v) is 2.32. The Morgan fingerprint density at radius 3 is 2.83 bits per heavy atom. The molecule has 1 heterocycles. The van der Waals surface area contributed by atoms with E-state index in [2.05, 4.69) is 5.32 Å². The van der Waals surface area contributed by atoms with Crippen molar-refractivity contribution in [3.05, 3.63) is 0 Å². The van der Waals surface area contributed by atoms with Crippen LogP contribution >= 0.6 is 0 Å². The second-order valence-electron chi connectivity index (χ2n) is 4.66. The van der Waals surface area contributed by atoms with Gasteiger partial charge in [-0.25, -0.2) is 4.79 Å². The van der Waals surface area contributed by atoms with Crippen molar-refractivity contribution in [1.29, 1.82) is 0 Å². The van der Waals surface area contributed by atoms with E-state index in [0.29, 0.717) is 19.7 Å². The minimum absolute atomic E-state index is 0.0131. The van der Waals surface area contributed by atoms with Crippen LogP contribution in [0.25, 0.3) is 0 Å². The Balaban J connectivity index is 2.50. The molecular formula is C12H22N2O4. The van der Waals surface area contributed by atoms with E-state index in [-0.39, 0.29) is 18.4 Å². The monoisotopic (exact) mass is 258 g/mol. The van der Waals surface area contributed by atoms with Gasteiger partial charge in [-0.2, -0.15) is 0 Å². The summed E-state index contributed by atoms with van der Waals surface area (Å²) in [6.45, 7) is 3.71. The molecule has 6 heteroatoms. The van der Waals surface area contributed by atoms with Crippen LogP contribution in [-0.2, 0) is 14.3 Å². The lowest BCUT2D eigenvalue weighted by Crippen LogP contribution is -2.54. The maximum Gasteiger partial charge on any atom is 0.326 e. The fourth-order valence-electron chi connectivity index (χ4n) is 2.32. The number of nitrogens with zero attached hydrogens (tertiary/aromatic N) is 1. The quantitative estimate of drug-likeness (QED) is 0.652. The molecule has 1 fully saturated rings. The summed E-state index contributed by atoms with van der Waals surface area (Å²) in [5.41, 5.74) is 0. The Morgan fingerprint density at radius 2 is 2.22 bits per heavy atom. The van der Waals surface area contributed by atoms with Crippen molar-refractivity contribution < 1.29 is 19.4 Å². The number of carboxylic acids is 1. The van der Waals surface area contributed by atoms with Crippen molar-refractivity contribution >= 4 is 11.9 Å². The maximum absolute atomic E-state index is 12.0. The summed E-state index contributed by atoms with van der Waals surface area (Å²) in [5, 5.41) is 12.2. The Morgan fingerprint density at radius 1 is 1.50 bits per heavy atom. The average Bonchev–Trinajstić information content (AvgIpc) is 2.33. The summed E-state index contributed by atoms with van der Waals surface area (Å²) < 4.78 is 4.86. The highest BCUT2D eigenvalue weighted by Gasteiger charge is 2.36. The van der Waals surface area contributed by atoms with Crippen molar-refractivity contribution in [1.82, 2.24) is 10.2 Å². The Hall–Kier alpha value is -1.14. The highest BCUT2D eigenvalue weighted by atomic mass is 16.5. The van der Waals surface area contributed by atoms with Crippen molar-refractivity contribution in [2.45, 2.75) is 25.8 Å². The number of aliphatic carboxylic acids is 1. The molecule has 1 aliphatic heterocycles. The van der Waals surface area contributed by atoms with Crippen LogP contribution in [0.5, 0.6) is 0 Å². The number of likely N-dealkylation sites (tertiary alicyclic amines) is 1. The number of carboxylic acid groups (broad SMARTS) is 1. The van der Waals surface area contributed by atoms with Gasteiger partial charge in [-0.05, 0) is 18.8 Å². The van der Waals surface area contributed by atoms with E-state index in [4.69, 9.17) is 4.74 Å². The van der Waals surface area contributed by atoms with E-state index in [1.54, 1.807) is 7.11 Å². The minimum Gasteiger partial charge on any atom is -0.480 e. The molecule has 0 aromatic carbocycles. The van der Waals surface area contributed by atoms with Gasteiger partial charge in [0.1, 0.15) is 6.04 Å². The molecule has 6 nitrogen and oxygen atoms in total. The molecule has 0 aromatic rings. The summed E-state index contributed by atoms with van der Waals surface area (Å²) in [6.07, 6.45) is 1.73. The zero-order valence-electron chi connectivity index (χ0n) is 11.0. The second-order valence-corrected chi connectivity index (χ2v) is 4.66. The van der Waals surface area contributed by atoms with E-state index in [9.17, 15) is 14.7 Å². The molecule has 104 valence electrons. The number of amides is 1. The van der Waals surface area contributed by atoms with Crippen molar-refractivity contribution in [3.8, 4) is 0 Å². The molecule has 18 heavy (non-hydrogen) atoms. The zero-order valence-corrected chi connectivity index (χ0v) is 11.0. The van der Waals surface area contributed by atoms with Gasteiger partial charge in [0.25, 0.3) is 0 Å². The smallest absolute Gasteiger partial charge is 0.326 e. The van der Waals surface area contributed by atoms with E-state index >= 15 is 0 Å². The van der Waals surface area contributed by atoms with Crippen LogP contribution in [0.3, 0.4) is 0 Å². The van der Waals surface area contributed by atoms with E-state index in [1.165, 1.54) is 4.90 Å². The van der Waals surface area contributed by atoms with Crippen molar-refractivity contribution in [2.24, 2.45) is 5.92 Å². The number of methoxy groups -OCH3 is 1. The minimum atomic E-state index is -0.910. The van der Waals surface area contributed by atoms with Crippen LogP contribution in [0.2, 0.25) is 0 Å². The first kappa shape index (κ1) is 14.9. The summed E-state index contributed by atoms with van der Waals surface area (Å²) in [7, 11) is 1.59. The Kier molecular flexibility index (Phi) is 6.07. The summed E-state index contributed by atoms with van der Waals surface area (Å²) in [4.78, 5) is 24.7. The number of ether oxygens (including phenoxy) is 1. The first-order chi connectivity index (χ1) is 8.57. The number of hydrogen-bond donors (Lipinski definition) is 2. The molecule has 2 N–H and O–H groups in total. The summed E-state index contributed by atoms with van der Waals surface area (Å²) in [6, 6.07) is -0.685. The van der Waals surface area contributed by atoms with Gasteiger partial charge in [0.05, 0.1) is 13.2 Å². The SMILES string of the molecule is COCCNCC(=O)N1CCCC(C)C1C(=O)O. The molecule has 0 bridgehead atoms. The molecule has 1 rings (SSSR count). The standard InChI is InChI=1S/C12H22N2O4/c1-9-4-3-6-14(11(9)12(16)17)10(15)8-13-5-7-18-2/h9,11,13H,3-8H2,1-2H3,(H,16,17). The number of piperidine rings is 1. The number of rotatable bonds is 6. The van der Waals surface area contributed by atoms with Gasteiger partial charge in [0.15, 0.2) is 0 Å². The molecule has 0 radical (unpaired) electrons. The first-order valence-corrected chi connectivity index (χ1v) is 6.30. The van der Waals surface area contributed by atoms with Gasteiger partial charge in [0, 0.05) is 20.2 Å². The number of nitrogens with one attached hydrogen (secondary N) is 1. The maximum atomic E-state index is 12.0. The molecule has 1 amide bonds. The second kappa shape index (κ2) is 7.33. The Bertz CT molecular complexity index is 296. The summed E-state index contributed by atoms with van der Waals surface area (Å²) >= 11 is 0. The lowest BCUT2D eigenvalue weighted by Gasteiger charge is -2.37. The molecule has 0 aliphatic carbocycles. The zero-order chi connectivity index (χ0) is 13.5. The van der Waals surface area contributed by atoms with Crippen LogP contribution in [-0.4, -0.2) is 61.3 Å². The third-order valence-electron chi connectivity index (χ3n) is 3.27. The fraction of sp³-hybridized carbons (Fsp3) is 0.833. The number of carbonyl (C=O) groups excluding carboxylic acids is 1. The molecule has 0 saturated carbocycles.